The zero-order chi connectivity index (χ0) is 13.1. The number of rotatable bonds is 4. The number of halogens is 1. The summed E-state index contributed by atoms with van der Waals surface area (Å²) in [6.07, 6.45) is 0. The monoisotopic (exact) mass is 275 g/mol. The van der Waals surface area contributed by atoms with Crippen LogP contribution in [0, 0.1) is 5.82 Å². The van der Waals surface area contributed by atoms with Crippen LogP contribution in [0.15, 0.2) is 46.2 Å². The molecule has 0 spiro atoms. The first-order valence-corrected chi connectivity index (χ1v) is 6.55. The summed E-state index contributed by atoms with van der Waals surface area (Å²) in [4.78, 5) is 0.933. The Morgan fingerprint density at radius 3 is 2.74 bits per heavy atom. The lowest BCUT2D eigenvalue weighted by molar-refractivity contribution is 0.582. The van der Waals surface area contributed by atoms with Crippen LogP contribution >= 0.6 is 11.3 Å². The average Bonchev–Trinajstić information content (AvgIpc) is 3.09. The van der Waals surface area contributed by atoms with E-state index in [9.17, 15) is 4.39 Å². The van der Waals surface area contributed by atoms with Crippen LogP contribution in [0.4, 0.5) is 10.4 Å². The van der Waals surface area contributed by atoms with Gasteiger partial charge in [-0.15, -0.1) is 16.4 Å². The maximum Gasteiger partial charge on any atom is 0.316 e. The molecule has 0 unspecified atom stereocenters. The standard InChI is InChI=1S/C13H10FN3OS/c14-10-5-3-9(4-6-10)8-15-13-17-16-12(18-13)11-2-1-7-19-11/h1-7H,8H2,(H,15,17). The molecule has 3 aromatic rings. The second kappa shape index (κ2) is 5.19. The van der Waals surface area contributed by atoms with Gasteiger partial charge in [0.05, 0.1) is 4.88 Å². The SMILES string of the molecule is Fc1ccc(CNc2nnc(-c3cccs3)o2)cc1. The van der Waals surface area contributed by atoms with Crippen LogP contribution in [-0.2, 0) is 6.54 Å². The van der Waals surface area contributed by atoms with Crippen molar-refractivity contribution in [3.8, 4) is 10.8 Å². The molecule has 0 fully saturated rings. The minimum Gasteiger partial charge on any atom is -0.403 e. The fourth-order valence-electron chi connectivity index (χ4n) is 1.57. The number of thiophene rings is 1. The van der Waals surface area contributed by atoms with Gasteiger partial charge in [-0.2, -0.15) is 0 Å². The molecule has 6 heteroatoms. The quantitative estimate of drug-likeness (QED) is 0.791. The molecule has 3 rings (SSSR count). The summed E-state index contributed by atoms with van der Waals surface area (Å²) in [5.41, 5.74) is 0.942. The summed E-state index contributed by atoms with van der Waals surface area (Å²) in [5.74, 6) is 0.248. The van der Waals surface area contributed by atoms with E-state index in [0.717, 1.165) is 10.4 Å². The molecule has 2 aromatic heterocycles. The lowest BCUT2D eigenvalue weighted by atomic mass is 10.2. The minimum absolute atomic E-state index is 0.249. The van der Waals surface area contributed by atoms with Gasteiger partial charge in [-0.3, -0.25) is 0 Å². The summed E-state index contributed by atoms with van der Waals surface area (Å²) < 4.78 is 18.2. The van der Waals surface area contributed by atoms with Gasteiger partial charge in [0.25, 0.3) is 5.89 Å². The summed E-state index contributed by atoms with van der Waals surface area (Å²) >= 11 is 1.54. The van der Waals surface area contributed by atoms with Crippen LogP contribution in [0.5, 0.6) is 0 Å². The molecule has 0 saturated heterocycles. The predicted octanol–water partition coefficient (Wildman–Crippen LogP) is 3.55. The van der Waals surface area contributed by atoms with Gasteiger partial charge in [-0.05, 0) is 29.1 Å². The third-order valence-corrected chi connectivity index (χ3v) is 3.37. The second-order valence-electron chi connectivity index (χ2n) is 3.87. The van der Waals surface area contributed by atoms with Crippen molar-refractivity contribution in [3.63, 3.8) is 0 Å². The molecule has 2 heterocycles. The van der Waals surface area contributed by atoms with Crippen molar-refractivity contribution in [1.82, 2.24) is 10.2 Å². The van der Waals surface area contributed by atoms with E-state index in [1.807, 2.05) is 17.5 Å². The summed E-state index contributed by atoms with van der Waals surface area (Å²) in [5, 5.41) is 12.8. The number of nitrogens with zero attached hydrogens (tertiary/aromatic N) is 2. The molecular formula is C13H10FN3OS. The molecule has 0 aliphatic carbocycles. The van der Waals surface area contributed by atoms with Gasteiger partial charge in [0.2, 0.25) is 0 Å². The Hall–Kier alpha value is -2.21. The van der Waals surface area contributed by atoms with Crippen LogP contribution in [0.2, 0.25) is 0 Å². The summed E-state index contributed by atoms with van der Waals surface area (Å²) in [6, 6.07) is 10.5. The van der Waals surface area contributed by atoms with Gasteiger partial charge >= 0.3 is 6.01 Å². The van der Waals surface area contributed by atoms with E-state index in [1.165, 1.54) is 23.5 Å². The largest absolute Gasteiger partial charge is 0.403 e. The first-order valence-electron chi connectivity index (χ1n) is 5.67. The molecule has 1 N–H and O–H groups in total. The fourth-order valence-corrected chi connectivity index (χ4v) is 2.22. The Balaban J connectivity index is 1.66. The maximum absolute atomic E-state index is 12.8. The lowest BCUT2D eigenvalue weighted by Gasteiger charge is -2.00. The minimum atomic E-state index is -0.249. The number of hydrogen-bond acceptors (Lipinski definition) is 5. The molecule has 1 aromatic carbocycles. The highest BCUT2D eigenvalue weighted by Crippen LogP contribution is 2.24. The third kappa shape index (κ3) is 2.79. The number of aromatic nitrogens is 2. The Labute approximate surface area is 112 Å². The van der Waals surface area contributed by atoms with Crippen molar-refractivity contribution in [1.29, 1.82) is 0 Å². The van der Waals surface area contributed by atoms with Gasteiger partial charge in [-0.25, -0.2) is 4.39 Å². The molecule has 0 aliphatic rings. The van der Waals surface area contributed by atoms with Crippen LogP contribution in [-0.4, -0.2) is 10.2 Å². The Kier molecular flexibility index (Phi) is 3.24. The van der Waals surface area contributed by atoms with E-state index in [2.05, 4.69) is 15.5 Å². The van der Waals surface area contributed by atoms with Crippen LogP contribution in [0.25, 0.3) is 10.8 Å². The lowest BCUT2D eigenvalue weighted by Crippen LogP contribution is -1.99. The third-order valence-electron chi connectivity index (χ3n) is 2.51. The molecule has 0 radical (unpaired) electrons. The Bertz CT molecular complexity index is 649. The van der Waals surface area contributed by atoms with Crippen molar-refractivity contribution < 1.29 is 8.81 Å². The second-order valence-corrected chi connectivity index (χ2v) is 4.82. The summed E-state index contributed by atoms with van der Waals surface area (Å²) in [7, 11) is 0. The van der Waals surface area contributed by atoms with Crippen LogP contribution < -0.4 is 5.32 Å². The topological polar surface area (TPSA) is 51.0 Å². The van der Waals surface area contributed by atoms with Gasteiger partial charge in [0.15, 0.2) is 0 Å². The highest BCUT2D eigenvalue weighted by Gasteiger charge is 2.08. The van der Waals surface area contributed by atoms with E-state index < -0.39 is 0 Å². The summed E-state index contributed by atoms with van der Waals surface area (Å²) in [6.45, 7) is 0.506. The number of hydrogen-bond donors (Lipinski definition) is 1. The van der Waals surface area contributed by atoms with Crippen molar-refractivity contribution in [2.45, 2.75) is 6.54 Å². The molecule has 19 heavy (non-hydrogen) atoms. The molecule has 0 aliphatic heterocycles. The van der Waals surface area contributed by atoms with Crippen molar-refractivity contribution >= 4 is 17.4 Å². The van der Waals surface area contributed by atoms with Gasteiger partial charge < -0.3 is 9.73 Å². The van der Waals surface area contributed by atoms with Gasteiger partial charge in [-0.1, -0.05) is 23.3 Å². The van der Waals surface area contributed by atoms with E-state index in [1.54, 1.807) is 12.1 Å². The Morgan fingerprint density at radius 2 is 2.00 bits per heavy atom. The van der Waals surface area contributed by atoms with E-state index in [0.29, 0.717) is 18.5 Å². The van der Waals surface area contributed by atoms with E-state index in [4.69, 9.17) is 4.42 Å². The molecule has 0 saturated carbocycles. The van der Waals surface area contributed by atoms with E-state index >= 15 is 0 Å². The van der Waals surface area contributed by atoms with Crippen LogP contribution in [0.3, 0.4) is 0 Å². The number of benzene rings is 1. The van der Waals surface area contributed by atoms with Gasteiger partial charge in [0.1, 0.15) is 5.82 Å². The van der Waals surface area contributed by atoms with E-state index in [-0.39, 0.29) is 5.82 Å². The average molecular weight is 275 g/mol. The highest BCUT2D eigenvalue weighted by atomic mass is 32.1. The first kappa shape index (κ1) is 11.9. The van der Waals surface area contributed by atoms with Crippen molar-refractivity contribution in [3.05, 3.63) is 53.2 Å². The molecular weight excluding hydrogens is 265 g/mol. The normalized spacial score (nSPS) is 10.6. The zero-order valence-corrected chi connectivity index (χ0v) is 10.7. The molecule has 0 amide bonds. The van der Waals surface area contributed by atoms with Crippen molar-refractivity contribution in [2.75, 3.05) is 5.32 Å². The number of anilines is 1. The molecule has 4 nitrogen and oxygen atoms in total. The highest BCUT2D eigenvalue weighted by molar-refractivity contribution is 7.13. The van der Waals surface area contributed by atoms with Gasteiger partial charge in [0, 0.05) is 6.54 Å². The molecule has 0 bridgehead atoms. The number of nitrogens with one attached hydrogen (secondary N) is 1. The maximum atomic E-state index is 12.8. The van der Waals surface area contributed by atoms with Crippen LogP contribution in [0.1, 0.15) is 5.56 Å². The zero-order valence-electron chi connectivity index (χ0n) is 9.84. The fraction of sp³-hybridized carbons (Fsp3) is 0.0769. The van der Waals surface area contributed by atoms with Crippen molar-refractivity contribution in [2.24, 2.45) is 0 Å². The molecule has 0 atom stereocenters. The smallest absolute Gasteiger partial charge is 0.316 e. The molecule has 96 valence electrons. The predicted molar refractivity (Wildman–Crippen MR) is 71.3 cm³/mol. The Morgan fingerprint density at radius 1 is 1.16 bits per heavy atom. The first-order chi connectivity index (χ1) is 9.31.